The van der Waals surface area contributed by atoms with Gasteiger partial charge in [0.15, 0.2) is 5.96 Å². The molecule has 148 valence electrons. The number of guanidine groups is 1. The minimum atomic E-state index is 0.111. The van der Waals surface area contributed by atoms with E-state index >= 15 is 0 Å². The second kappa shape index (κ2) is 10.6. The fraction of sp³-hybridized carbons (Fsp3) is 0.333. The lowest BCUT2D eigenvalue weighted by Gasteiger charge is -2.19. The predicted molar refractivity (Wildman–Crippen MR) is 116 cm³/mol. The maximum atomic E-state index is 5.40. The van der Waals surface area contributed by atoms with E-state index in [-0.39, 0.29) is 6.04 Å². The molecule has 0 bridgehead atoms. The Morgan fingerprint density at radius 1 is 1.29 bits per heavy atom. The summed E-state index contributed by atoms with van der Waals surface area (Å²) in [5.74, 6) is 2.78. The van der Waals surface area contributed by atoms with Crippen LogP contribution in [0.4, 0.5) is 0 Å². The van der Waals surface area contributed by atoms with E-state index in [2.05, 4.69) is 53.2 Å². The molecule has 0 amide bonds. The first-order valence-corrected chi connectivity index (χ1v) is 10.8. The van der Waals surface area contributed by atoms with Gasteiger partial charge in [-0.2, -0.15) is 16.9 Å². The highest BCUT2D eigenvalue weighted by molar-refractivity contribution is 7.98. The van der Waals surface area contributed by atoms with Gasteiger partial charge in [-0.3, -0.25) is 4.99 Å². The van der Waals surface area contributed by atoms with Gasteiger partial charge in [0.2, 0.25) is 0 Å². The lowest BCUT2D eigenvalue weighted by atomic mass is 10.1. The van der Waals surface area contributed by atoms with Crippen LogP contribution in [0.25, 0.3) is 5.69 Å². The number of hydrogen-bond acceptors (Lipinski definition) is 4. The topological polar surface area (TPSA) is 67.4 Å². The van der Waals surface area contributed by atoms with E-state index in [9.17, 15) is 0 Å². The zero-order chi connectivity index (χ0) is 19.6. The van der Waals surface area contributed by atoms with Gasteiger partial charge in [-0.15, -0.1) is 0 Å². The van der Waals surface area contributed by atoms with Crippen molar-refractivity contribution in [2.24, 2.45) is 4.99 Å². The van der Waals surface area contributed by atoms with Crippen molar-refractivity contribution in [3.8, 4) is 5.69 Å². The Morgan fingerprint density at radius 3 is 2.96 bits per heavy atom. The largest absolute Gasteiger partial charge is 0.469 e. The van der Waals surface area contributed by atoms with Crippen LogP contribution in [-0.4, -0.2) is 40.8 Å². The molecule has 6 nitrogen and oxygen atoms in total. The van der Waals surface area contributed by atoms with Crippen molar-refractivity contribution in [2.45, 2.75) is 19.4 Å². The van der Waals surface area contributed by atoms with E-state index in [4.69, 9.17) is 9.41 Å². The molecular formula is C21H27N5OS. The first kappa shape index (κ1) is 20.1. The summed E-state index contributed by atoms with van der Waals surface area (Å²) in [5.41, 5.74) is 2.22. The lowest BCUT2D eigenvalue weighted by molar-refractivity contribution is 0.506. The molecule has 3 rings (SSSR count). The number of thioether (sulfide) groups is 1. The van der Waals surface area contributed by atoms with Gasteiger partial charge in [0.1, 0.15) is 5.76 Å². The smallest absolute Gasteiger partial charge is 0.191 e. The Balaban J connectivity index is 1.63. The highest BCUT2D eigenvalue weighted by atomic mass is 32.2. The van der Waals surface area contributed by atoms with Gasteiger partial charge in [-0.25, -0.2) is 4.68 Å². The molecule has 2 heterocycles. The van der Waals surface area contributed by atoms with Gasteiger partial charge in [0, 0.05) is 31.1 Å². The molecule has 0 spiro atoms. The number of aromatic nitrogens is 2. The predicted octanol–water partition coefficient (Wildman–Crippen LogP) is 3.67. The van der Waals surface area contributed by atoms with Crippen LogP contribution >= 0.6 is 11.8 Å². The van der Waals surface area contributed by atoms with Crippen LogP contribution in [0.5, 0.6) is 0 Å². The maximum absolute atomic E-state index is 5.40. The van der Waals surface area contributed by atoms with E-state index < -0.39 is 0 Å². The fourth-order valence-electron chi connectivity index (χ4n) is 2.81. The third kappa shape index (κ3) is 5.92. The minimum Gasteiger partial charge on any atom is -0.469 e. The zero-order valence-electron chi connectivity index (χ0n) is 16.3. The molecule has 0 radical (unpaired) electrons. The van der Waals surface area contributed by atoms with Crippen LogP contribution in [-0.2, 0) is 6.42 Å². The van der Waals surface area contributed by atoms with E-state index in [1.54, 1.807) is 24.2 Å². The summed E-state index contributed by atoms with van der Waals surface area (Å²) in [7, 11) is 0. The van der Waals surface area contributed by atoms with Crippen molar-refractivity contribution >= 4 is 17.7 Å². The highest BCUT2D eigenvalue weighted by Crippen LogP contribution is 2.16. The van der Waals surface area contributed by atoms with Crippen molar-refractivity contribution in [3.05, 3.63) is 72.4 Å². The molecule has 0 aliphatic heterocycles. The maximum Gasteiger partial charge on any atom is 0.191 e. The Hall–Kier alpha value is -2.67. The van der Waals surface area contributed by atoms with Gasteiger partial charge in [-0.1, -0.05) is 12.1 Å². The standard InChI is InChI=1S/C21H27N5OS/c1-17(18-6-3-7-19(16-18)26-13-5-10-24-26)25-21(23-12-15-28-2)22-11-9-20-8-4-14-27-20/h3-8,10,13-14,16-17H,9,11-12,15H2,1-2H3,(H2,22,23,25). The molecule has 7 heteroatoms. The minimum absolute atomic E-state index is 0.111. The second-order valence-electron chi connectivity index (χ2n) is 6.39. The zero-order valence-corrected chi connectivity index (χ0v) is 17.2. The SMILES string of the molecule is CSCCN=C(NCCc1ccco1)NC(C)c1cccc(-n2cccn2)c1. The van der Waals surface area contributed by atoms with Gasteiger partial charge in [0.25, 0.3) is 0 Å². The molecular weight excluding hydrogens is 370 g/mol. The van der Waals surface area contributed by atoms with Crippen LogP contribution in [0.1, 0.15) is 24.3 Å². The van der Waals surface area contributed by atoms with Crippen LogP contribution in [0.15, 0.2) is 70.5 Å². The first-order valence-electron chi connectivity index (χ1n) is 9.42. The van der Waals surface area contributed by atoms with Crippen LogP contribution in [0.2, 0.25) is 0 Å². The summed E-state index contributed by atoms with van der Waals surface area (Å²) in [4.78, 5) is 4.70. The lowest BCUT2D eigenvalue weighted by Crippen LogP contribution is -2.40. The van der Waals surface area contributed by atoms with E-state index in [1.165, 1.54) is 5.56 Å². The molecule has 1 unspecified atom stereocenters. The van der Waals surface area contributed by atoms with Crippen molar-refractivity contribution in [1.29, 1.82) is 0 Å². The number of furan rings is 1. The van der Waals surface area contributed by atoms with Crippen LogP contribution in [0, 0.1) is 0 Å². The second-order valence-corrected chi connectivity index (χ2v) is 7.38. The number of rotatable bonds is 9. The highest BCUT2D eigenvalue weighted by Gasteiger charge is 2.10. The fourth-order valence-corrected chi connectivity index (χ4v) is 3.08. The summed E-state index contributed by atoms with van der Waals surface area (Å²) >= 11 is 1.79. The Morgan fingerprint density at radius 2 is 2.21 bits per heavy atom. The number of nitrogens with zero attached hydrogens (tertiary/aromatic N) is 3. The van der Waals surface area contributed by atoms with Crippen molar-refractivity contribution in [2.75, 3.05) is 25.1 Å². The van der Waals surface area contributed by atoms with Gasteiger partial charge in [0.05, 0.1) is 24.5 Å². The average molecular weight is 398 g/mol. The number of hydrogen-bond donors (Lipinski definition) is 2. The van der Waals surface area contributed by atoms with Crippen LogP contribution in [0.3, 0.4) is 0 Å². The molecule has 0 saturated heterocycles. The number of benzene rings is 1. The molecule has 0 saturated carbocycles. The van der Waals surface area contributed by atoms with Crippen molar-refractivity contribution in [3.63, 3.8) is 0 Å². The Bertz CT molecular complexity index is 846. The summed E-state index contributed by atoms with van der Waals surface area (Å²) < 4.78 is 7.27. The summed E-state index contributed by atoms with van der Waals surface area (Å²) in [6.45, 7) is 3.68. The van der Waals surface area contributed by atoms with Crippen molar-refractivity contribution < 1.29 is 4.42 Å². The normalized spacial score (nSPS) is 12.7. The third-order valence-corrected chi connectivity index (χ3v) is 4.89. The quantitative estimate of drug-likeness (QED) is 0.328. The Kier molecular flexibility index (Phi) is 7.61. The third-order valence-electron chi connectivity index (χ3n) is 4.30. The van der Waals surface area contributed by atoms with Gasteiger partial charge >= 0.3 is 0 Å². The molecule has 1 aromatic carbocycles. The Labute approximate surface area is 170 Å². The monoisotopic (exact) mass is 397 g/mol. The summed E-state index contributed by atoms with van der Waals surface area (Å²) in [6, 6.07) is 14.3. The molecule has 2 N–H and O–H groups in total. The first-order chi connectivity index (χ1) is 13.8. The van der Waals surface area contributed by atoms with Gasteiger partial charge < -0.3 is 15.1 Å². The summed E-state index contributed by atoms with van der Waals surface area (Å²) in [6.07, 6.45) is 8.35. The molecule has 1 atom stereocenters. The molecule has 2 aromatic heterocycles. The van der Waals surface area contributed by atoms with Crippen LogP contribution < -0.4 is 10.6 Å². The number of nitrogens with one attached hydrogen (secondary N) is 2. The molecule has 0 aliphatic carbocycles. The number of aliphatic imine (C=N–C) groups is 1. The van der Waals surface area contributed by atoms with Gasteiger partial charge in [-0.05, 0) is 49.1 Å². The van der Waals surface area contributed by atoms with E-state index in [0.29, 0.717) is 0 Å². The van der Waals surface area contributed by atoms with E-state index in [1.807, 2.05) is 29.1 Å². The molecule has 3 aromatic rings. The summed E-state index contributed by atoms with van der Waals surface area (Å²) in [5, 5.41) is 11.2. The van der Waals surface area contributed by atoms with E-state index in [0.717, 1.165) is 42.7 Å². The molecule has 0 aliphatic rings. The van der Waals surface area contributed by atoms with Crippen molar-refractivity contribution in [1.82, 2.24) is 20.4 Å². The molecule has 0 fully saturated rings. The average Bonchev–Trinajstić information content (AvgIpc) is 3.42. The molecule has 28 heavy (non-hydrogen) atoms.